The Balaban J connectivity index is 1.42. The quantitative estimate of drug-likeness (QED) is 0.413. The number of hydrogen-bond donors (Lipinski definition) is 1. The Morgan fingerprint density at radius 1 is 0.759 bits per heavy atom. The van der Waals surface area contributed by atoms with E-state index in [0.717, 1.165) is 23.4 Å². The molecule has 0 radical (unpaired) electrons. The van der Waals surface area contributed by atoms with Gasteiger partial charge in [-0.3, -0.25) is 0 Å². The predicted octanol–water partition coefficient (Wildman–Crippen LogP) is 4.98. The highest BCUT2D eigenvalue weighted by atomic mass is 16.5. The number of aromatic nitrogens is 1. The monoisotopic (exact) mass is 384 g/mol. The number of ether oxygens (including phenoxy) is 2. The van der Waals surface area contributed by atoms with Gasteiger partial charge in [0.1, 0.15) is 19.0 Å². The molecule has 29 heavy (non-hydrogen) atoms. The van der Waals surface area contributed by atoms with E-state index < -0.39 is 0 Å². The maximum absolute atomic E-state index is 6.18. The Labute approximate surface area is 171 Å². The fourth-order valence-electron chi connectivity index (χ4n) is 3.24. The molecule has 4 rings (SSSR count). The standard InChI is InChI=1S/C25H24N2O2/c1-2-8-20(9-3-1)19-29-24-14-13-21-10-4-5-11-22(21)23(24)18-26-16-17-28-25-12-6-7-15-27-25/h1-15,26H,16-19H2. The summed E-state index contributed by atoms with van der Waals surface area (Å²) in [6.07, 6.45) is 1.73. The van der Waals surface area contributed by atoms with E-state index in [1.54, 1.807) is 6.20 Å². The molecule has 1 heterocycles. The number of pyridine rings is 1. The van der Waals surface area contributed by atoms with Crippen LogP contribution < -0.4 is 14.8 Å². The number of hydrogen-bond acceptors (Lipinski definition) is 4. The molecule has 4 heteroatoms. The Morgan fingerprint density at radius 2 is 1.59 bits per heavy atom. The maximum Gasteiger partial charge on any atom is 0.213 e. The Hall–Kier alpha value is -3.37. The molecule has 1 N–H and O–H groups in total. The molecule has 1 aromatic heterocycles. The highest BCUT2D eigenvalue weighted by Gasteiger charge is 2.09. The summed E-state index contributed by atoms with van der Waals surface area (Å²) in [5.74, 6) is 1.55. The summed E-state index contributed by atoms with van der Waals surface area (Å²) in [5, 5.41) is 5.88. The second-order valence-electron chi connectivity index (χ2n) is 6.73. The van der Waals surface area contributed by atoms with Crippen LogP contribution >= 0.6 is 0 Å². The van der Waals surface area contributed by atoms with Gasteiger partial charge in [-0.2, -0.15) is 0 Å². The first-order valence-corrected chi connectivity index (χ1v) is 9.82. The van der Waals surface area contributed by atoms with Gasteiger partial charge < -0.3 is 14.8 Å². The van der Waals surface area contributed by atoms with Gasteiger partial charge in [-0.25, -0.2) is 4.98 Å². The Morgan fingerprint density at radius 3 is 2.45 bits per heavy atom. The third-order valence-electron chi connectivity index (χ3n) is 4.70. The van der Waals surface area contributed by atoms with Gasteiger partial charge in [0.25, 0.3) is 0 Å². The minimum Gasteiger partial charge on any atom is -0.489 e. The van der Waals surface area contributed by atoms with Crippen molar-refractivity contribution >= 4 is 10.8 Å². The lowest BCUT2D eigenvalue weighted by atomic mass is 10.0. The van der Waals surface area contributed by atoms with E-state index in [9.17, 15) is 0 Å². The molecule has 4 nitrogen and oxygen atoms in total. The molecule has 0 spiro atoms. The molecule has 0 bridgehead atoms. The minimum absolute atomic E-state index is 0.551. The van der Waals surface area contributed by atoms with Crippen LogP contribution in [-0.2, 0) is 13.2 Å². The highest BCUT2D eigenvalue weighted by molar-refractivity contribution is 5.87. The molecule has 0 aliphatic carbocycles. The second kappa shape index (κ2) is 9.71. The van der Waals surface area contributed by atoms with Gasteiger partial charge in [-0.1, -0.05) is 66.7 Å². The van der Waals surface area contributed by atoms with Crippen molar-refractivity contribution in [2.24, 2.45) is 0 Å². The van der Waals surface area contributed by atoms with Crippen molar-refractivity contribution in [1.29, 1.82) is 0 Å². The van der Waals surface area contributed by atoms with E-state index in [1.165, 1.54) is 10.8 Å². The lowest BCUT2D eigenvalue weighted by Crippen LogP contribution is -2.21. The summed E-state index contributed by atoms with van der Waals surface area (Å²) in [6, 6.07) is 28.5. The van der Waals surface area contributed by atoms with E-state index in [0.29, 0.717) is 25.6 Å². The molecule has 4 aromatic rings. The first kappa shape index (κ1) is 19.0. The van der Waals surface area contributed by atoms with E-state index in [2.05, 4.69) is 58.8 Å². The molecule has 0 amide bonds. The third-order valence-corrected chi connectivity index (χ3v) is 4.70. The van der Waals surface area contributed by atoms with E-state index >= 15 is 0 Å². The van der Waals surface area contributed by atoms with Crippen LogP contribution in [-0.4, -0.2) is 18.1 Å². The van der Waals surface area contributed by atoms with Gasteiger partial charge in [0.2, 0.25) is 5.88 Å². The summed E-state index contributed by atoms with van der Waals surface area (Å²) in [5.41, 5.74) is 2.32. The van der Waals surface area contributed by atoms with Crippen LogP contribution in [0.4, 0.5) is 0 Å². The molecule has 3 aromatic carbocycles. The van der Waals surface area contributed by atoms with Gasteiger partial charge in [0.15, 0.2) is 0 Å². The van der Waals surface area contributed by atoms with Crippen LogP contribution in [0, 0.1) is 0 Å². The fourth-order valence-corrected chi connectivity index (χ4v) is 3.24. The van der Waals surface area contributed by atoms with Crippen molar-refractivity contribution in [3.63, 3.8) is 0 Å². The largest absolute Gasteiger partial charge is 0.489 e. The molecule has 0 aliphatic rings. The summed E-state index contributed by atoms with van der Waals surface area (Å²) in [6.45, 7) is 2.53. The third kappa shape index (κ3) is 5.12. The zero-order valence-corrected chi connectivity index (χ0v) is 16.3. The van der Waals surface area contributed by atoms with Crippen LogP contribution in [0.5, 0.6) is 11.6 Å². The summed E-state index contributed by atoms with van der Waals surface area (Å²) in [7, 11) is 0. The number of fused-ring (bicyclic) bond motifs is 1. The van der Waals surface area contributed by atoms with Crippen molar-refractivity contribution in [2.45, 2.75) is 13.2 Å². The van der Waals surface area contributed by atoms with Crippen LogP contribution in [0.3, 0.4) is 0 Å². The molecule has 0 saturated carbocycles. The lowest BCUT2D eigenvalue weighted by Gasteiger charge is -2.15. The van der Waals surface area contributed by atoms with Crippen LogP contribution in [0.15, 0.2) is 91.1 Å². The first-order chi connectivity index (χ1) is 14.4. The Bertz CT molecular complexity index is 1040. The van der Waals surface area contributed by atoms with Crippen LogP contribution in [0.2, 0.25) is 0 Å². The Kier molecular flexibility index (Phi) is 6.35. The van der Waals surface area contributed by atoms with Gasteiger partial charge >= 0.3 is 0 Å². The normalized spacial score (nSPS) is 10.8. The molecule has 0 atom stereocenters. The molecular formula is C25H24N2O2. The molecule has 0 saturated heterocycles. The zero-order valence-electron chi connectivity index (χ0n) is 16.3. The van der Waals surface area contributed by atoms with Crippen LogP contribution in [0.25, 0.3) is 10.8 Å². The molecule has 0 fully saturated rings. The van der Waals surface area contributed by atoms with Crippen molar-refractivity contribution in [2.75, 3.05) is 13.2 Å². The predicted molar refractivity (Wildman–Crippen MR) is 116 cm³/mol. The second-order valence-corrected chi connectivity index (χ2v) is 6.73. The van der Waals surface area contributed by atoms with Gasteiger partial charge in [0, 0.05) is 30.9 Å². The number of nitrogens with zero attached hydrogens (tertiary/aromatic N) is 1. The summed E-state index contributed by atoms with van der Waals surface area (Å²) in [4.78, 5) is 4.17. The maximum atomic E-state index is 6.18. The minimum atomic E-state index is 0.551. The van der Waals surface area contributed by atoms with Crippen LogP contribution in [0.1, 0.15) is 11.1 Å². The molecule has 146 valence electrons. The lowest BCUT2D eigenvalue weighted by molar-refractivity contribution is 0.295. The average molecular weight is 384 g/mol. The summed E-state index contributed by atoms with van der Waals surface area (Å²) < 4.78 is 11.8. The van der Waals surface area contributed by atoms with Crippen molar-refractivity contribution < 1.29 is 9.47 Å². The zero-order chi connectivity index (χ0) is 19.7. The van der Waals surface area contributed by atoms with Crippen molar-refractivity contribution in [3.8, 4) is 11.6 Å². The smallest absolute Gasteiger partial charge is 0.213 e. The van der Waals surface area contributed by atoms with Gasteiger partial charge in [-0.15, -0.1) is 0 Å². The van der Waals surface area contributed by atoms with Crippen molar-refractivity contribution in [3.05, 3.63) is 102 Å². The number of benzene rings is 3. The van der Waals surface area contributed by atoms with E-state index in [-0.39, 0.29) is 0 Å². The van der Waals surface area contributed by atoms with E-state index in [4.69, 9.17) is 9.47 Å². The van der Waals surface area contributed by atoms with Crippen molar-refractivity contribution in [1.82, 2.24) is 10.3 Å². The first-order valence-electron chi connectivity index (χ1n) is 9.82. The summed E-state index contributed by atoms with van der Waals surface area (Å²) >= 11 is 0. The SMILES string of the molecule is c1ccc(COc2ccc3ccccc3c2CNCCOc2ccccn2)cc1. The molecule has 0 unspecified atom stereocenters. The molecule has 0 aliphatic heterocycles. The van der Waals surface area contributed by atoms with Gasteiger partial charge in [0.05, 0.1) is 0 Å². The number of rotatable bonds is 9. The molecular weight excluding hydrogens is 360 g/mol. The number of nitrogens with one attached hydrogen (secondary N) is 1. The average Bonchev–Trinajstić information content (AvgIpc) is 2.79. The fraction of sp³-hybridized carbons (Fsp3) is 0.160. The topological polar surface area (TPSA) is 43.4 Å². The highest BCUT2D eigenvalue weighted by Crippen LogP contribution is 2.28. The van der Waals surface area contributed by atoms with Gasteiger partial charge in [-0.05, 0) is 28.5 Å². The van der Waals surface area contributed by atoms with E-state index in [1.807, 2.05) is 36.4 Å².